The summed E-state index contributed by atoms with van der Waals surface area (Å²) >= 11 is 0. The molecule has 0 saturated carbocycles. The van der Waals surface area contributed by atoms with Crippen LogP contribution in [0.4, 0.5) is 14.5 Å². The first-order chi connectivity index (χ1) is 12.9. The highest BCUT2D eigenvalue weighted by molar-refractivity contribution is 6.00. The number of aryl methyl sites for hydroxylation is 1. The van der Waals surface area contributed by atoms with Crippen LogP contribution in [0.25, 0.3) is 0 Å². The maximum atomic E-state index is 13.4. The number of carbonyl (C=O) groups is 2. The number of hydrogen-bond acceptors (Lipinski definition) is 2. The first-order valence-electron chi connectivity index (χ1n) is 9.03. The van der Waals surface area contributed by atoms with Gasteiger partial charge in [-0.15, -0.1) is 0 Å². The SMILES string of the molecule is CCc1ccc(N2CC(C(=O)NC(C)c3ccc(F)c(F)c3)CC2=O)cc1. The molecule has 1 aliphatic rings. The van der Waals surface area contributed by atoms with Gasteiger partial charge in [-0.25, -0.2) is 8.78 Å². The molecule has 2 aromatic carbocycles. The molecule has 27 heavy (non-hydrogen) atoms. The lowest BCUT2D eigenvalue weighted by Crippen LogP contribution is -2.34. The summed E-state index contributed by atoms with van der Waals surface area (Å²) in [5, 5.41) is 2.79. The van der Waals surface area contributed by atoms with Crippen molar-refractivity contribution >= 4 is 17.5 Å². The van der Waals surface area contributed by atoms with Gasteiger partial charge in [0.2, 0.25) is 11.8 Å². The number of rotatable bonds is 5. The molecule has 0 bridgehead atoms. The fraction of sp³-hybridized carbons (Fsp3) is 0.333. The smallest absolute Gasteiger partial charge is 0.227 e. The molecule has 1 N–H and O–H groups in total. The molecule has 3 rings (SSSR count). The average Bonchev–Trinajstić information content (AvgIpc) is 3.06. The van der Waals surface area contributed by atoms with Crippen molar-refractivity contribution in [3.05, 3.63) is 65.2 Å². The van der Waals surface area contributed by atoms with Crippen LogP contribution in [-0.4, -0.2) is 18.4 Å². The molecule has 1 fully saturated rings. The Hall–Kier alpha value is -2.76. The largest absolute Gasteiger partial charge is 0.349 e. The van der Waals surface area contributed by atoms with Crippen molar-refractivity contribution in [2.24, 2.45) is 5.92 Å². The molecule has 0 aromatic heterocycles. The minimum atomic E-state index is -0.952. The Kier molecular flexibility index (Phi) is 5.54. The minimum Gasteiger partial charge on any atom is -0.349 e. The second kappa shape index (κ2) is 7.86. The minimum absolute atomic E-state index is 0.0973. The number of amides is 2. The molecule has 2 unspecified atom stereocenters. The van der Waals surface area contributed by atoms with Crippen LogP contribution in [0.1, 0.15) is 37.4 Å². The molecular formula is C21H22F2N2O2. The molecule has 0 aliphatic carbocycles. The lowest BCUT2D eigenvalue weighted by Gasteiger charge is -2.19. The zero-order chi connectivity index (χ0) is 19.6. The Morgan fingerprint density at radius 1 is 1.19 bits per heavy atom. The number of benzene rings is 2. The van der Waals surface area contributed by atoms with E-state index >= 15 is 0 Å². The molecule has 0 radical (unpaired) electrons. The van der Waals surface area contributed by atoms with Crippen LogP contribution in [0.3, 0.4) is 0 Å². The summed E-state index contributed by atoms with van der Waals surface area (Å²) in [4.78, 5) is 26.5. The first-order valence-corrected chi connectivity index (χ1v) is 9.03. The van der Waals surface area contributed by atoms with E-state index in [1.807, 2.05) is 24.3 Å². The monoisotopic (exact) mass is 372 g/mol. The Morgan fingerprint density at radius 3 is 2.52 bits per heavy atom. The van der Waals surface area contributed by atoms with Crippen molar-refractivity contribution in [3.63, 3.8) is 0 Å². The number of anilines is 1. The predicted molar refractivity (Wildman–Crippen MR) is 99.2 cm³/mol. The number of carbonyl (C=O) groups excluding carboxylic acids is 2. The Balaban J connectivity index is 1.65. The van der Waals surface area contributed by atoms with Crippen molar-refractivity contribution in [1.82, 2.24) is 5.32 Å². The highest BCUT2D eigenvalue weighted by Crippen LogP contribution is 2.26. The zero-order valence-corrected chi connectivity index (χ0v) is 15.3. The van der Waals surface area contributed by atoms with Gasteiger partial charge >= 0.3 is 0 Å². The third-order valence-electron chi connectivity index (χ3n) is 4.95. The van der Waals surface area contributed by atoms with Gasteiger partial charge in [-0.1, -0.05) is 25.1 Å². The zero-order valence-electron chi connectivity index (χ0n) is 15.3. The van der Waals surface area contributed by atoms with Gasteiger partial charge in [0.25, 0.3) is 0 Å². The Bertz CT molecular complexity index is 852. The third-order valence-corrected chi connectivity index (χ3v) is 4.95. The molecule has 4 nitrogen and oxygen atoms in total. The van der Waals surface area contributed by atoms with Crippen LogP contribution in [-0.2, 0) is 16.0 Å². The lowest BCUT2D eigenvalue weighted by molar-refractivity contribution is -0.126. The van der Waals surface area contributed by atoms with Gasteiger partial charge in [-0.2, -0.15) is 0 Å². The van der Waals surface area contributed by atoms with Crippen molar-refractivity contribution < 1.29 is 18.4 Å². The average molecular weight is 372 g/mol. The van der Waals surface area contributed by atoms with E-state index in [1.54, 1.807) is 11.8 Å². The van der Waals surface area contributed by atoms with E-state index in [4.69, 9.17) is 0 Å². The molecule has 0 spiro atoms. The highest BCUT2D eigenvalue weighted by Gasteiger charge is 2.35. The fourth-order valence-corrected chi connectivity index (χ4v) is 3.24. The van der Waals surface area contributed by atoms with Gasteiger partial charge in [0.1, 0.15) is 0 Å². The van der Waals surface area contributed by atoms with Crippen LogP contribution in [0, 0.1) is 17.6 Å². The topological polar surface area (TPSA) is 49.4 Å². The summed E-state index contributed by atoms with van der Waals surface area (Å²) in [6.07, 6.45) is 1.05. The standard InChI is InChI=1S/C21H22F2N2O2/c1-3-14-4-7-17(8-5-14)25-12-16(11-20(25)26)21(27)24-13(2)15-6-9-18(22)19(23)10-15/h4-10,13,16H,3,11-12H2,1-2H3,(H,24,27). The maximum absolute atomic E-state index is 13.4. The Morgan fingerprint density at radius 2 is 1.89 bits per heavy atom. The van der Waals surface area contributed by atoms with Crippen molar-refractivity contribution in [2.45, 2.75) is 32.7 Å². The summed E-state index contributed by atoms with van der Waals surface area (Å²) in [6.45, 7) is 4.06. The normalized spacial score (nSPS) is 17.9. The molecule has 6 heteroatoms. The molecule has 1 heterocycles. The van der Waals surface area contributed by atoms with E-state index < -0.39 is 23.6 Å². The number of hydrogen-bond donors (Lipinski definition) is 1. The van der Waals surface area contributed by atoms with E-state index in [2.05, 4.69) is 12.2 Å². The molecule has 142 valence electrons. The van der Waals surface area contributed by atoms with E-state index in [0.29, 0.717) is 12.1 Å². The lowest BCUT2D eigenvalue weighted by atomic mass is 10.0. The summed E-state index contributed by atoms with van der Waals surface area (Å²) in [5.74, 6) is -2.72. The molecular weight excluding hydrogens is 350 g/mol. The molecule has 2 amide bonds. The van der Waals surface area contributed by atoms with E-state index in [9.17, 15) is 18.4 Å². The maximum Gasteiger partial charge on any atom is 0.227 e. The van der Waals surface area contributed by atoms with E-state index in [-0.39, 0.29) is 18.2 Å². The van der Waals surface area contributed by atoms with Gasteiger partial charge in [0.05, 0.1) is 12.0 Å². The summed E-state index contributed by atoms with van der Waals surface area (Å²) < 4.78 is 26.4. The molecule has 1 saturated heterocycles. The van der Waals surface area contributed by atoms with Crippen LogP contribution >= 0.6 is 0 Å². The van der Waals surface area contributed by atoms with Crippen molar-refractivity contribution in [1.29, 1.82) is 0 Å². The summed E-state index contributed by atoms with van der Waals surface area (Å²) in [5.41, 5.74) is 2.43. The quantitative estimate of drug-likeness (QED) is 0.869. The van der Waals surface area contributed by atoms with Gasteiger partial charge < -0.3 is 10.2 Å². The van der Waals surface area contributed by atoms with Crippen LogP contribution in [0.5, 0.6) is 0 Å². The second-order valence-corrected chi connectivity index (χ2v) is 6.83. The number of halogens is 2. The van der Waals surface area contributed by atoms with Gasteiger partial charge in [0.15, 0.2) is 11.6 Å². The van der Waals surface area contributed by atoms with Crippen LogP contribution in [0.2, 0.25) is 0 Å². The predicted octanol–water partition coefficient (Wildman–Crippen LogP) is 3.76. The molecule has 2 aromatic rings. The summed E-state index contributed by atoms with van der Waals surface area (Å²) in [7, 11) is 0. The van der Waals surface area contributed by atoms with Gasteiger partial charge in [0, 0.05) is 18.7 Å². The van der Waals surface area contributed by atoms with Gasteiger partial charge in [-0.05, 0) is 48.7 Å². The van der Waals surface area contributed by atoms with Gasteiger partial charge in [-0.3, -0.25) is 9.59 Å². The first kappa shape index (κ1) is 19.0. The Labute approximate surface area is 157 Å². The molecule has 1 aliphatic heterocycles. The van der Waals surface area contributed by atoms with Crippen molar-refractivity contribution in [2.75, 3.05) is 11.4 Å². The fourth-order valence-electron chi connectivity index (χ4n) is 3.24. The second-order valence-electron chi connectivity index (χ2n) is 6.83. The third kappa shape index (κ3) is 4.15. The number of nitrogens with one attached hydrogen (secondary N) is 1. The van der Waals surface area contributed by atoms with E-state index in [0.717, 1.165) is 24.2 Å². The van der Waals surface area contributed by atoms with Crippen LogP contribution in [0.15, 0.2) is 42.5 Å². The van der Waals surface area contributed by atoms with Crippen LogP contribution < -0.4 is 10.2 Å². The van der Waals surface area contributed by atoms with Crippen molar-refractivity contribution in [3.8, 4) is 0 Å². The number of nitrogens with zero attached hydrogens (tertiary/aromatic N) is 1. The summed E-state index contributed by atoms with van der Waals surface area (Å²) in [6, 6.07) is 10.8. The van der Waals surface area contributed by atoms with E-state index in [1.165, 1.54) is 11.6 Å². The molecule has 2 atom stereocenters. The highest BCUT2D eigenvalue weighted by atomic mass is 19.2.